The molecule has 0 unspecified atom stereocenters. The van der Waals surface area contributed by atoms with Crippen molar-refractivity contribution in [3.8, 4) is 0 Å². The van der Waals surface area contributed by atoms with E-state index in [2.05, 4.69) is 15.0 Å². The van der Waals surface area contributed by atoms with Gasteiger partial charge in [0.05, 0.1) is 6.20 Å². The standard InChI is InChI=1S/C8H6ClN3/c1-5-2-3-6-8(11-5)12-7(9)4-10-6/h2-4H,1H3. The predicted octanol–water partition coefficient (Wildman–Crippen LogP) is 1.99. The molecule has 2 rings (SSSR count). The lowest BCUT2D eigenvalue weighted by atomic mass is 10.3. The van der Waals surface area contributed by atoms with E-state index in [4.69, 9.17) is 11.6 Å². The van der Waals surface area contributed by atoms with E-state index in [1.54, 1.807) is 0 Å². The normalized spacial score (nSPS) is 10.5. The molecule has 2 heterocycles. The number of hydrogen-bond donors (Lipinski definition) is 0. The maximum atomic E-state index is 5.66. The molecule has 0 aliphatic carbocycles. The van der Waals surface area contributed by atoms with Gasteiger partial charge in [-0.25, -0.2) is 15.0 Å². The number of fused-ring (bicyclic) bond motifs is 1. The van der Waals surface area contributed by atoms with Crippen molar-refractivity contribution in [2.24, 2.45) is 0 Å². The first-order valence-corrected chi connectivity index (χ1v) is 3.89. The first kappa shape index (κ1) is 7.43. The van der Waals surface area contributed by atoms with Crippen LogP contribution in [0.3, 0.4) is 0 Å². The van der Waals surface area contributed by atoms with E-state index in [-0.39, 0.29) is 0 Å². The molecule has 0 spiro atoms. The molecule has 0 saturated heterocycles. The van der Waals surface area contributed by atoms with E-state index in [9.17, 15) is 0 Å². The summed E-state index contributed by atoms with van der Waals surface area (Å²) in [6.45, 7) is 1.90. The van der Waals surface area contributed by atoms with Gasteiger partial charge in [-0.15, -0.1) is 0 Å². The SMILES string of the molecule is Cc1ccc2ncc(Cl)nc2n1. The van der Waals surface area contributed by atoms with Gasteiger partial charge < -0.3 is 0 Å². The van der Waals surface area contributed by atoms with Crippen LogP contribution in [0.2, 0.25) is 5.15 Å². The molecule has 12 heavy (non-hydrogen) atoms. The fraction of sp³-hybridized carbons (Fsp3) is 0.125. The Morgan fingerprint density at radius 3 is 2.92 bits per heavy atom. The minimum absolute atomic E-state index is 0.376. The van der Waals surface area contributed by atoms with Crippen LogP contribution in [0.1, 0.15) is 5.69 Å². The van der Waals surface area contributed by atoms with Crippen LogP contribution in [0.4, 0.5) is 0 Å². The number of pyridine rings is 1. The lowest BCUT2D eigenvalue weighted by molar-refractivity contribution is 1.17. The third-order valence-electron chi connectivity index (χ3n) is 1.52. The largest absolute Gasteiger partial charge is 0.250 e. The van der Waals surface area contributed by atoms with Gasteiger partial charge in [-0.05, 0) is 19.1 Å². The van der Waals surface area contributed by atoms with Crippen LogP contribution < -0.4 is 0 Å². The summed E-state index contributed by atoms with van der Waals surface area (Å²) in [5.41, 5.74) is 2.28. The van der Waals surface area contributed by atoms with E-state index in [1.165, 1.54) is 6.20 Å². The summed E-state index contributed by atoms with van der Waals surface area (Å²) in [6, 6.07) is 3.77. The topological polar surface area (TPSA) is 38.7 Å². The number of aromatic nitrogens is 3. The highest BCUT2D eigenvalue weighted by Crippen LogP contribution is 2.10. The molecule has 0 atom stereocenters. The van der Waals surface area contributed by atoms with Crippen molar-refractivity contribution >= 4 is 22.8 Å². The zero-order valence-corrected chi connectivity index (χ0v) is 7.21. The Morgan fingerprint density at radius 2 is 2.08 bits per heavy atom. The van der Waals surface area contributed by atoms with E-state index in [0.717, 1.165) is 11.2 Å². The van der Waals surface area contributed by atoms with Crippen molar-refractivity contribution < 1.29 is 0 Å². The van der Waals surface area contributed by atoms with Gasteiger partial charge in [-0.3, -0.25) is 0 Å². The molecule has 4 heteroatoms. The fourth-order valence-corrected chi connectivity index (χ4v) is 1.10. The third-order valence-corrected chi connectivity index (χ3v) is 1.70. The van der Waals surface area contributed by atoms with Gasteiger partial charge in [0.1, 0.15) is 10.7 Å². The summed E-state index contributed by atoms with van der Waals surface area (Å²) >= 11 is 5.66. The van der Waals surface area contributed by atoms with Crippen molar-refractivity contribution in [1.82, 2.24) is 15.0 Å². The summed E-state index contributed by atoms with van der Waals surface area (Å²) < 4.78 is 0. The average Bonchev–Trinajstić information content (AvgIpc) is 2.03. The Bertz CT molecular complexity index is 391. The summed E-state index contributed by atoms with van der Waals surface area (Å²) in [4.78, 5) is 12.3. The Balaban J connectivity index is 2.80. The maximum absolute atomic E-state index is 5.66. The molecular formula is C8H6ClN3. The Morgan fingerprint density at radius 1 is 1.25 bits per heavy atom. The molecule has 0 aromatic carbocycles. The Hall–Kier alpha value is -1.22. The first-order valence-electron chi connectivity index (χ1n) is 3.51. The zero-order chi connectivity index (χ0) is 8.55. The highest BCUT2D eigenvalue weighted by atomic mass is 35.5. The van der Waals surface area contributed by atoms with Crippen LogP contribution in [0.15, 0.2) is 18.3 Å². The molecule has 0 N–H and O–H groups in total. The second-order valence-electron chi connectivity index (χ2n) is 2.49. The monoisotopic (exact) mass is 179 g/mol. The molecule has 3 nitrogen and oxygen atoms in total. The smallest absolute Gasteiger partial charge is 0.179 e. The van der Waals surface area contributed by atoms with Crippen molar-refractivity contribution in [3.05, 3.63) is 29.2 Å². The Labute approximate surface area is 74.4 Å². The van der Waals surface area contributed by atoms with E-state index >= 15 is 0 Å². The molecule has 0 aliphatic heterocycles. The van der Waals surface area contributed by atoms with Gasteiger partial charge in [0.15, 0.2) is 5.65 Å². The van der Waals surface area contributed by atoms with Gasteiger partial charge in [0.25, 0.3) is 0 Å². The predicted molar refractivity (Wildman–Crippen MR) is 47.1 cm³/mol. The number of aryl methyl sites for hydroxylation is 1. The maximum Gasteiger partial charge on any atom is 0.179 e. The highest BCUT2D eigenvalue weighted by Gasteiger charge is 1.98. The highest BCUT2D eigenvalue weighted by molar-refractivity contribution is 6.29. The van der Waals surface area contributed by atoms with Gasteiger partial charge in [-0.2, -0.15) is 0 Å². The quantitative estimate of drug-likeness (QED) is 0.621. The summed E-state index contributed by atoms with van der Waals surface area (Å²) in [6.07, 6.45) is 1.51. The van der Waals surface area contributed by atoms with Crippen LogP contribution >= 0.6 is 11.6 Å². The molecule has 0 saturated carbocycles. The summed E-state index contributed by atoms with van der Waals surface area (Å²) in [7, 11) is 0. The number of rotatable bonds is 0. The first-order chi connectivity index (χ1) is 5.75. The second-order valence-corrected chi connectivity index (χ2v) is 2.88. The summed E-state index contributed by atoms with van der Waals surface area (Å²) in [5.74, 6) is 0. The van der Waals surface area contributed by atoms with Crippen LogP contribution in [-0.2, 0) is 0 Å². The van der Waals surface area contributed by atoms with Gasteiger partial charge in [0.2, 0.25) is 0 Å². The van der Waals surface area contributed by atoms with E-state index in [0.29, 0.717) is 10.8 Å². The summed E-state index contributed by atoms with van der Waals surface area (Å²) in [5, 5.41) is 0.376. The van der Waals surface area contributed by atoms with E-state index < -0.39 is 0 Å². The van der Waals surface area contributed by atoms with Crippen molar-refractivity contribution in [2.75, 3.05) is 0 Å². The van der Waals surface area contributed by atoms with Crippen LogP contribution in [-0.4, -0.2) is 15.0 Å². The lowest BCUT2D eigenvalue weighted by Crippen LogP contribution is -1.89. The van der Waals surface area contributed by atoms with Gasteiger partial charge >= 0.3 is 0 Å². The minimum Gasteiger partial charge on any atom is -0.250 e. The molecular weight excluding hydrogens is 174 g/mol. The molecule has 0 fully saturated rings. The molecule has 0 amide bonds. The molecule has 0 radical (unpaired) electrons. The lowest BCUT2D eigenvalue weighted by Gasteiger charge is -1.96. The second kappa shape index (κ2) is 2.68. The minimum atomic E-state index is 0.376. The van der Waals surface area contributed by atoms with Crippen molar-refractivity contribution in [2.45, 2.75) is 6.92 Å². The van der Waals surface area contributed by atoms with Crippen molar-refractivity contribution in [3.63, 3.8) is 0 Å². The Kier molecular flexibility index (Phi) is 1.66. The van der Waals surface area contributed by atoms with Crippen LogP contribution in [0.25, 0.3) is 11.2 Å². The fourth-order valence-electron chi connectivity index (χ4n) is 0.972. The third kappa shape index (κ3) is 1.23. The average molecular weight is 180 g/mol. The van der Waals surface area contributed by atoms with Crippen LogP contribution in [0.5, 0.6) is 0 Å². The van der Waals surface area contributed by atoms with Gasteiger partial charge in [0, 0.05) is 5.69 Å². The zero-order valence-electron chi connectivity index (χ0n) is 6.45. The molecule has 0 bridgehead atoms. The number of nitrogens with zero attached hydrogens (tertiary/aromatic N) is 3. The van der Waals surface area contributed by atoms with E-state index in [1.807, 2.05) is 19.1 Å². The molecule has 0 aliphatic rings. The molecule has 2 aromatic heterocycles. The number of hydrogen-bond acceptors (Lipinski definition) is 3. The van der Waals surface area contributed by atoms with Gasteiger partial charge in [-0.1, -0.05) is 11.6 Å². The molecule has 60 valence electrons. The van der Waals surface area contributed by atoms with Crippen LogP contribution in [0, 0.1) is 6.92 Å². The molecule has 2 aromatic rings. The van der Waals surface area contributed by atoms with Crippen molar-refractivity contribution in [1.29, 1.82) is 0 Å². The number of halogens is 1.